The first kappa shape index (κ1) is 15.9. The van der Waals surface area contributed by atoms with Gasteiger partial charge in [0, 0.05) is 25.5 Å². The third kappa shape index (κ3) is 2.93. The summed E-state index contributed by atoms with van der Waals surface area (Å²) in [5.74, 6) is 0.278. The summed E-state index contributed by atoms with van der Waals surface area (Å²) in [7, 11) is 3.18. The van der Waals surface area contributed by atoms with Gasteiger partial charge in [0.1, 0.15) is 5.82 Å². The van der Waals surface area contributed by atoms with Gasteiger partial charge >= 0.3 is 5.97 Å². The number of rotatable bonds is 6. The number of nitrogens with zero attached hydrogens (tertiary/aromatic N) is 4. The molecule has 22 heavy (non-hydrogen) atoms. The maximum atomic E-state index is 11.4. The highest BCUT2D eigenvalue weighted by atomic mass is 16.5. The van der Waals surface area contributed by atoms with E-state index in [2.05, 4.69) is 14.8 Å². The number of esters is 1. The van der Waals surface area contributed by atoms with Gasteiger partial charge in [-0.3, -0.25) is 14.3 Å². The molecule has 0 aromatic carbocycles. The summed E-state index contributed by atoms with van der Waals surface area (Å²) in [5, 5.41) is 5.18. The number of carbonyl (C=O) groups excluding carboxylic acids is 2. The zero-order valence-electron chi connectivity index (χ0n) is 13.3. The van der Waals surface area contributed by atoms with Crippen LogP contribution >= 0.6 is 0 Å². The molecule has 2 aromatic rings. The van der Waals surface area contributed by atoms with Crippen LogP contribution in [0.3, 0.4) is 0 Å². The second kappa shape index (κ2) is 6.55. The van der Waals surface area contributed by atoms with Gasteiger partial charge in [0.15, 0.2) is 11.9 Å². The Balaban J connectivity index is 2.44. The van der Waals surface area contributed by atoms with Crippen molar-refractivity contribution < 1.29 is 14.3 Å². The van der Waals surface area contributed by atoms with Crippen molar-refractivity contribution >= 4 is 29.1 Å². The Labute approximate surface area is 128 Å². The molecule has 7 heteroatoms. The van der Waals surface area contributed by atoms with Crippen molar-refractivity contribution in [1.82, 2.24) is 14.8 Å². The molecule has 0 saturated heterocycles. The lowest BCUT2D eigenvalue weighted by Crippen LogP contribution is -2.28. The smallest absolute Gasteiger partial charge is 0.307 e. The van der Waals surface area contributed by atoms with Gasteiger partial charge in [0.25, 0.3) is 0 Å². The van der Waals surface area contributed by atoms with Crippen molar-refractivity contribution in [3.05, 3.63) is 17.3 Å². The third-order valence-corrected chi connectivity index (χ3v) is 3.63. The van der Waals surface area contributed by atoms with Crippen LogP contribution in [-0.4, -0.2) is 47.2 Å². The average Bonchev–Trinajstić information content (AvgIpc) is 2.80. The molecular formula is C15H20N4O3. The molecule has 0 spiro atoms. The molecule has 0 saturated carbocycles. The fourth-order valence-electron chi connectivity index (χ4n) is 2.43. The summed E-state index contributed by atoms with van der Waals surface area (Å²) in [6.07, 6.45) is 1.03. The molecule has 0 fully saturated rings. The number of aldehydes is 1. The van der Waals surface area contributed by atoms with Gasteiger partial charge in [-0.2, -0.15) is 5.10 Å². The van der Waals surface area contributed by atoms with E-state index >= 15 is 0 Å². The minimum atomic E-state index is -0.288. The molecule has 0 atom stereocenters. The SMILES string of the molecule is CCN(CCC(=O)OC)c1nc2c(cc1C=O)c(C)nn2C. The zero-order valence-corrected chi connectivity index (χ0v) is 13.3. The minimum absolute atomic E-state index is 0.243. The predicted octanol–water partition coefficient (Wildman–Crippen LogP) is 1.48. The Bertz CT molecular complexity index is 708. The van der Waals surface area contributed by atoms with Crippen molar-refractivity contribution in [2.75, 3.05) is 25.1 Å². The average molecular weight is 304 g/mol. The van der Waals surface area contributed by atoms with E-state index in [4.69, 9.17) is 0 Å². The second-order valence-electron chi connectivity index (χ2n) is 5.01. The van der Waals surface area contributed by atoms with Crippen LogP contribution in [0.15, 0.2) is 6.07 Å². The van der Waals surface area contributed by atoms with Crippen LogP contribution < -0.4 is 4.90 Å². The van der Waals surface area contributed by atoms with Crippen molar-refractivity contribution in [3.63, 3.8) is 0 Å². The van der Waals surface area contributed by atoms with E-state index in [1.54, 1.807) is 10.7 Å². The molecule has 0 aliphatic rings. The lowest BCUT2D eigenvalue weighted by molar-refractivity contribution is -0.140. The summed E-state index contributed by atoms with van der Waals surface area (Å²) in [6, 6.07) is 1.80. The summed E-state index contributed by atoms with van der Waals surface area (Å²) >= 11 is 0. The normalized spacial score (nSPS) is 10.7. The van der Waals surface area contributed by atoms with Gasteiger partial charge in [-0.15, -0.1) is 0 Å². The molecule has 2 rings (SSSR count). The van der Waals surface area contributed by atoms with Crippen LogP contribution in [0.4, 0.5) is 5.82 Å². The van der Waals surface area contributed by atoms with Crippen molar-refractivity contribution in [2.45, 2.75) is 20.3 Å². The number of ether oxygens (including phenoxy) is 1. The van der Waals surface area contributed by atoms with Gasteiger partial charge in [-0.05, 0) is 19.9 Å². The predicted molar refractivity (Wildman–Crippen MR) is 83.2 cm³/mol. The first-order valence-electron chi connectivity index (χ1n) is 7.13. The molecule has 0 unspecified atom stereocenters. The topological polar surface area (TPSA) is 77.3 Å². The first-order chi connectivity index (χ1) is 10.5. The molecule has 7 nitrogen and oxygen atoms in total. The molecule has 0 aliphatic carbocycles. The number of methoxy groups -OCH3 is 1. The largest absolute Gasteiger partial charge is 0.469 e. The summed E-state index contributed by atoms with van der Waals surface area (Å²) in [6.45, 7) is 4.91. The van der Waals surface area contributed by atoms with Crippen molar-refractivity contribution in [2.24, 2.45) is 7.05 Å². The number of aromatic nitrogens is 3. The second-order valence-corrected chi connectivity index (χ2v) is 5.01. The van der Waals surface area contributed by atoms with Gasteiger partial charge < -0.3 is 9.64 Å². The molecular weight excluding hydrogens is 284 g/mol. The van der Waals surface area contributed by atoms with Gasteiger partial charge in [0.05, 0.1) is 24.8 Å². The fourth-order valence-corrected chi connectivity index (χ4v) is 2.43. The molecule has 2 heterocycles. The zero-order chi connectivity index (χ0) is 16.3. The van der Waals surface area contributed by atoms with Crippen LogP contribution in [0.25, 0.3) is 11.0 Å². The number of anilines is 1. The molecule has 0 radical (unpaired) electrons. The Morgan fingerprint density at radius 3 is 2.82 bits per heavy atom. The quantitative estimate of drug-likeness (QED) is 0.594. The number of fused-ring (bicyclic) bond motifs is 1. The number of hydrogen-bond donors (Lipinski definition) is 0. The Hall–Kier alpha value is -2.44. The molecule has 0 bridgehead atoms. The summed E-state index contributed by atoms with van der Waals surface area (Å²) in [4.78, 5) is 29.2. The fraction of sp³-hybridized carbons (Fsp3) is 0.467. The van der Waals surface area contributed by atoms with Crippen LogP contribution in [0, 0.1) is 6.92 Å². The van der Waals surface area contributed by atoms with Crippen molar-refractivity contribution in [3.8, 4) is 0 Å². The van der Waals surface area contributed by atoms with E-state index in [-0.39, 0.29) is 12.4 Å². The van der Waals surface area contributed by atoms with E-state index < -0.39 is 0 Å². The van der Waals surface area contributed by atoms with Gasteiger partial charge in [-0.25, -0.2) is 4.98 Å². The van der Waals surface area contributed by atoms with E-state index in [9.17, 15) is 9.59 Å². The van der Waals surface area contributed by atoms with Crippen molar-refractivity contribution in [1.29, 1.82) is 0 Å². The molecule has 0 N–H and O–H groups in total. The Morgan fingerprint density at radius 2 is 2.23 bits per heavy atom. The lowest BCUT2D eigenvalue weighted by Gasteiger charge is -2.22. The highest BCUT2D eigenvalue weighted by Crippen LogP contribution is 2.24. The van der Waals surface area contributed by atoms with E-state index in [1.165, 1.54) is 7.11 Å². The standard InChI is InChI=1S/C15H20N4O3/c1-5-19(7-6-13(21)22-4)14-11(9-20)8-12-10(2)17-18(3)15(12)16-14/h8-9H,5-7H2,1-4H3. The van der Waals surface area contributed by atoms with E-state index in [0.717, 1.165) is 23.0 Å². The molecule has 2 aromatic heterocycles. The molecule has 118 valence electrons. The van der Waals surface area contributed by atoms with E-state index in [1.807, 2.05) is 25.8 Å². The number of carbonyl (C=O) groups is 2. The number of aryl methyl sites for hydroxylation is 2. The van der Waals surface area contributed by atoms with Crippen LogP contribution in [0.1, 0.15) is 29.4 Å². The third-order valence-electron chi connectivity index (χ3n) is 3.63. The van der Waals surface area contributed by atoms with Gasteiger partial charge in [0.2, 0.25) is 0 Å². The number of pyridine rings is 1. The molecule has 0 aliphatic heterocycles. The summed E-state index contributed by atoms with van der Waals surface area (Å²) < 4.78 is 6.35. The minimum Gasteiger partial charge on any atom is -0.469 e. The monoisotopic (exact) mass is 304 g/mol. The highest BCUT2D eigenvalue weighted by molar-refractivity contribution is 5.91. The van der Waals surface area contributed by atoms with E-state index in [0.29, 0.717) is 24.5 Å². The number of hydrogen-bond acceptors (Lipinski definition) is 6. The Kier molecular flexibility index (Phi) is 4.75. The van der Waals surface area contributed by atoms with Crippen LogP contribution in [0.5, 0.6) is 0 Å². The summed E-state index contributed by atoms with van der Waals surface area (Å²) in [5.41, 5.74) is 2.04. The maximum absolute atomic E-state index is 11.4. The lowest BCUT2D eigenvalue weighted by atomic mass is 10.2. The highest BCUT2D eigenvalue weighted by Gasteiger charge is 2.17. The maximum Gasteiger partial charge on any atom is 0.307 e. The van der Waals surface area contributed by atoms with Crippen LogP contribution in [0.2, 0.25) is 0 Å². The first-order valence-corrected chi connectivity index (χ1v) is 7.13. The van der Waals surface area contributed by atoms with Crippen LogP contribution in [-0.2, 0) is 16.6 Å². The molecule has 0 amide bonds. The van der Waals surface area contributed by atoms with Gasteiger partial charge in [-0.1, -0.05) is 0 Å². The Morgan fingerprint density at radius 1 is 1.50 bits per heavy atom.